The summed E-state index contributed by atoms with van der Waals surface area (Å²) in [4.78, 5) is 67.1. The molecule has 0 bridgehead atoms. The maximum atomic E-state index is 11.6. The molecule has 9 nitrogen and oxygen atoms in total. The second-order valence-electron chi connectivity index (χ2n) is 6.58. The zero-order valence-corrected chi connectivity index (χ0v) is 17.1. The molecule has 0 radical (unpaired) electrons. The van der Waals surface area contributed by atoms with E-state index in [9.17, 15) is 19.2 Å². The number of Topliss-reactive ketones (excluding diaryl/α,β-unsaturated/α-hetero) is 4. The van der Waals surface area contributed by atoms with Gasteiger partial charge in [-0.15, -0.1) is 0 Å². The molecular formula is C21H21N5O4. The van der Waals surface area contributed by atoms with Crippen LogP contribution in [0.2, 0.25) is 0 Å². The Morgan fingerprint density at radius 2 is 1.10 bits per heavy atom. The fraction of sp³-hybridized carbons (Fsp3) is 0.286. The molecule has 0 fully saturated rings. The molecule has 0 atom stereocenters. The number of aromatic nitrogens is 3. The number of carbonyl (C=O) groups excluding carboxylic acids is 4. The third-order valence-corrected chi connectivity index (χ3v) is 4.07. The molecule has 0 spiro atoms. The maximum absolute atomic E-state index is 11.6. The molecule has 0 aliphatic carbocycles. The van der Waals surface area contributed by atoms with Crippen LogP contribution in [0.3, 0.4) is 0 Å². The van der Waals surface area contributed by atoms with Gasteiger partial charge < -0.3 is 0 Å². The lowest BCUT2D eigenvalue weighted by Gasteiger charge is -2.05. The first-order chi connectivity index (χ1) is 14.2. The van der Waals surface area contributed by atoms with Gasteiger partial charge in [-0.05, 0) is 27.7 Å². The first kappa shape index (κ1) is 22.5. The molecule has 1 heterocycles. The Morgan fingerprint density at radius 3 is 1.47 bits per heavy atom. The molecule has 0 amide bonds. The average Bonchev–Trinajstić information content (AvgIpc) is 2.67. The fourth-order valence-corrected chi connectivity index (χ4v) is 2.46. The smallest absolute Gasteiger partial charge is 0.254 e. The highest BCUT2D eigenvalue weighted by Crippen LogP contribution is 2.20. The largest absolute Gasteiger partial charge is 0.299 e. The molecule has 0 saturated heterocycles. The Morgan fingerprint density at radius 1 is 0.700 bits per heavy atom. The van der Waals surface area contributed by atoms with Crippen molar-refractivity contribution in [2.75, 3.05) is 0 Å². The highest BCUT2D eigenvalue weighted by atomic mass is 16.2. The van der Waals surface area contributed by atoms with Crippen LogP contribution in [-0.2, 0) is 19.2 Å². The zero-order chi connectivity index (χ0) is 22.3. The van der Waals surface area contributed by atoms with Gasteiger partial charge in [0.25, 0.3) is 11.9 Å². The lowest BCUT2D eigenvalue weighted by molar-refractivity contribution is -0.129. The van der Waals surface area contributed by atoms with Gasteiger partial charge >= 0.3 is 0 Å². The summed E-state index contributed by atoms with van der Waals surface area (Å²) in [5.74, 6) is -3.30. The third kappa shape index (κ3) is 6.13. The van der Waals surface area contributed by atoms with Gasteiger partial charge in [0, 0.05) is 18.0 Å². The number of rotatable bonds is 9. The standard InChI is InChI=1S/C21H21N5O4/c1-12(27)17(13(2)28)10-22-20-24-19(16-8-6-5-7-9-16)25-21(26-20)23-11-18(14(3)29)15(4)30/h5-11,17-18H,1-4H3. The highest BCUT2D eigenvalue weighted by Gasteiger charge is 2.18. The predicted molar refractivity (Wildman–Crippen MR) is 111 cm³/mol. The normalized spacial score (nSPS) is 11.5. The lowest BCUT2D eigenvalue weighted by Crippen LogP contribution is -2.20. The molecule has 0 saturated carbocycles. The first-order valence-corrected chi connectivity index (χ1v) is 9.10. The zero-order valence-electron chi connectivity index (χ0n) is 17.1. The van der Waals surface area contributed by atoms with E-state index in [-0.39, 0.29) is 40.9 Å². The van der Waals surface area contributed by atoms with Crippen LogP contribution in [0.15, 0.2) is 40.3 Å². The molecule has 2 rings (SSSR count). The highest BCUT2D eigenvalue weighted by molar-refractivity contribution is 6.13. The SMILES string of the molecule is CC(=O)C(C=Nc1nc(N=CC(C(C)=O)C(C)=O)nc(-c2ccccc2)n1)C(C)=O. The molecule has 1 aromatic carbocycles. The summed E-state index contributed by atoms with van der Waals surface area (Å²) >= 11 is 0. The van der Waals surface area contributed by atoms with Crippen molar-refractivity contribution in [3.05, 3.63) is 30.3 Å². The lowest BCUT2D eigenvalue weighted by atomic mass is 10.0. The van der Waals surface area contributed by atoms with Crippen LogP contribution >= 0.6 is 0 Å². The van der Waals surface area contributed by atoms with E-state index in [0.717, 1.165) is 0 Å². The molecule has 0 aliphatic rings. The number of hydrogen-bond donors (Lipinski definition) is 0. The summed E-state index contributed by atoms with van der Waals surface area (Å²) in [6, 6.07) is 8.98. The van der Waals surface area contributed by atoms with E-state index in [4.69, 9.17) is 0 Å². The Hall–Kier alpha value is -3.75. The van der Waals surface area contributed by atoms with E-state index in [2.05, 4.69) is 24.9 Å². The minimum absolute atomic E-state index is 0.0642. The molecule has 1 aromatic heterocycles. The molecule has 154 valence electrons. The van der Waals surface area contributed by atoms with Gasteiger partial charge in [0.1, 0.15) is 35.0 Å². The van der Waals surface area contributed by atoms with Crippen LogP contribution in [0.25, 0.3) is 11.4 Å². The van der Waals surface area contributed by atoms with E-state index in [1.807, 2.05) is 6.07 Å². The number of benzene rings is 1. The Kier molecular flexibility index (Phi) is 7.62. The second-order valence-corrected chi connectivity index (χ2v) is 6.58. The van der Waals surface area contributed by atoms with Crippen molar-refractivity contribution in [2.45, 2.75) is 27.7 Å². The van der Waals surface area contributed by atoms with Gasteiger partial charge in [0.05, 0.1) is 0 Å². The molecule has 0 N–H and O–H groups in total. The van der Waals surface area contributed by atoms with Gasteiger partial charge in [-0.2, -0.15) is 15.0 Å². The maximum Gasteiger partial charge on any atom is 0.254 e. The van der Waals surface area contributed by atoms with Crippen LogP contribution in [0.1, 0.15) is 27.7 Å². The van der Waals surface area contributed by atoms with Crippen molar-refractivity contribution in [1.82, 2.24) is 15.0 Å². The molecular weight excluding hydrogens is 386 g/mol. The summed E-state index contributed by atoms with van der Waals surface area (Å²) in [6.45, 7) is 5.17. The summed E-state index contributed by atoms with van der Waals surface area (Å²) in [6.07, 6.45) is 2.35. The van der Waals surface area contributed by atoms with Gasteiger partial charge in [-0.1, -0.05) is 30.3 Å². The van der Waals surface area contributed by atoms with E-state index in [1.54, 1.807) is 24.3 Å². The van der Waals surface area contributed by atoms with Crippen molar-refractivity contribution >= 4 is 47.5 Å². The minimum Gasteiger partial charge on any atom is -0.299 e. The fourth-order valence-electron chi connectivity index (χ4n) is 2.46. The Labute approximate surface area is 173 Å². The van der Waals surface area contributed by atoms with Crippen molar-refractivity contribution in [1.29, 1.82) is 0 Å². The molecule has 30 heavy (non-hydrogen) atoms. The van der Waals surface area contributed by atoms with Gasteiger partial charge in [0.15, 0.2) is 5.82 Å². The van der Waals surface area contributed by atoms with Gasteiger partial charge in [-0.3, -0.25) is 19.2 Å². The van der Waals surface area contributed by atoms with Crippen molar-refractivity contribution in [2.24, 2.45) is 21.8 Å². The summed E-state index contributed by atoms with van der Waals surface area (Å²) in [5, 5.41) is 0. The Balaban J connectivity index is 2.50. The van der Waals surface area contributed by atoms with Gasteiger partial charge in [0.2, 0.25) is 0 Å². The number of carbonyl (C=O) groups is 4. The second kappa shape index (κ2) is 10.1. The Bertz CT molecular complexity index is 943. The van der Waals surface area contributed by atoms with Crippen LogP contribution in [-0.4, -0.2) is 50.5 Å². The van der Waals surface area contributed by atoms with Crippen LogP contribution in [0.5, 0.6) is 0 Å². The quantitative estimate of drug-likeness (QED) is 0.461. The third-order valence-electron chi connectivity index (χ3n) is 4.07. The van der Waals surface area contributed by atoms with Crippen molar-refractivity contribution < 1.29 is 19.2 Å². The van der Waals surface area contributed by atoms with E-state index in [0.29, 0.717) is 5.56 Å². The van der Waals surface area contributed by atoms with Crippen LogP contribution in [0.4, 0.5) is 11.9 Å². The van der Waals surface area contributed by atoms with E-state index < -0.39 is 11.8 Å². The monoisotopic (exact) mass is 407 g/mol. The summed E-state index contributed by atoms with van der Waals surface area (Å²) < 4.78 is 0. The number of ketones is 4. The van der Waals surface area contributed by atoms with Gasteiger partial charge in [-0.25, -0.2) is 9.98 Å². The molecule has 0 aliphatic heterocycles. The number of aliphatic imine (C=N–C) groups is 2. The molecule has 9 heteroatoms. The molecule has 2 aromatic rings. The first-order valence-electron chi connectivity index (χ1n) is 9.10. The van der Waals surface area contributed by atoms with E-state index in [1.165, 1.54) is 40.1 Å². The van der Waals surface area contributed by atoms with E-state index >= 15 is 0 Å². The van der Waals surface area contributed by atoms with Crippen molar-refractivity contribution in [3.8, 4) is 11.4 Å². The van der Waals surface area contributed by atoms with Crippen LogP contribution < -0.4 is 0 Å². The van der Waals surface area contributed by atoms with Crippen molar-refractivity contribution in [3.63, 3.8) is 0 Å². The minimum atomic E-state index is -1.01. The molecule has 0 unspecified atom stereocenters. The predicted octanol–water partition coefficient (Wildman–Crippen LogP) is 2.53. The topological polar surface area (TPSA) is 132 Å². The average molecular weight is 407 g/mol. The number of nitrogens with zero attached hydrogens (tertiary/aromatic N) is 5. The summed E-state index contributed by atoms with van der Waals surface area (Å²) in [7, 11) is 0. The van der Waals surface area contributed by atoms with Crippen LogP contribution in [0, 0.1) is 11.8 Å². The number of hydrogen-bond acceptors (Lipinski definition) is 9. The summed E-state index contributed by atoms with van der Waals surface area (Å²) in [5.41, 5.74) is 0.664.